The Morgan fingerprint density at radius 1 is 0.944 bits per heavy atom. The molecule has 1 aliphatic rings. The van der Waals surface area contributed by atoms with Crippen molar-refractivity contribution in [1.82, 2.24) is 5.32 Å². The standard InChI is InChI=1S/C16H33NO/c1-15(2)17-13-9-5-6-10-14-18-16-11-7-3-4-8-12-16/h15-17H,3-14H2,1-2H3. The summed E-state index contributed by atoms with van der Waals surface area (Å²) < 4.78 is 5.99. The van der Waals surface area contributed by atoms with Gasteiger partial charge in [-0.25, -0.2) is 0 Å². The van der Waals surface area contributed by atoms with Crippen molar-refractivity contribution in [1.29, 1.82) is 0 Å². The molecule has 0 spiro atoms. The summed E-state index contributed by atoms with van der Waals surface area (Å²) in [6.07, 6.45) is 14.0. The third kappa shape index (κ3) is 8.93. The highest BCUT2D eigenvalue weighted by molar-refractivity contribution is 4.64. The number of hydrogen-bond donors (Lipinski definition) is 1. The molecule has 1 rings (SSSR count). The molecular formula is C16H33NO. The molecule has 108 valence electrons. The summed E-state index contributed by atoms with van der Waals surface area (Å²) in [6.45, 7) is 6.57. The maximum atomic E-state index is 5.99. The van der Waals surface area contributed by atoms with Crippen LogP contribution in [0.3, 0.4) is 0 Å². The maximum Gasteiger partial charge on any atom is 0.0575 e. The Morgan fingerprint density at radius 3 is 2.28 bits per heavy atom. The van der Waals surface area contributed by atoms with E-state index in [1.54, 1.807) is 0 Å². The van der Waals surface area contributed by atoms with Gasteiger partial charge in [0.25, 0.3) is 0 Å². The van der Waals surface area contributed by atoms with Gasteiger partial charge in [-0.2, -0.15) is 0 Å². The molecule has 0 aromatic rings. The molecule has 1 saturated carbocycles. The van der Waals surface area contributed by atoms with E-state index in [2.05, 4.69) is 19.2 Å². The van der Waals surface area contributed by atoms with E-state index >= 15 is 0 Å². The third-order valence-corrected chi connectivity index (χ3v) is 3.78. The van der Waals surface area contributed by atoms with Gasteiger partial charge in [0, 0.05) is 12.6 Å². The summed E-state index contributed by atoms with van der Waals surface area (Å²) in [7, 11) is 0. The van der Waals surface area contributed by atoms with Crippen LogP contribution < -0.4 is 5.32 Å². The van der Waals surface area contributed by atoms with Crippen LogP contribution in [0.15, 0.2) is 0 Å². The van der Waals surface area contributed by atoms with Gasteiger partial charge in [-0.1, -0.05) is 52.4 Å². The minimum Gasteiger partial charge on any atom is -0.378 e. The fourth-order valence-electron chi connectivity index (χ4n) is 2.63. The zero-order valence-corrected chi connectivity index (χ0v) is 12.5. The summed E-state index contributed by atoms with van der Waals surface area (Å²) >= 11 is 0. The lowest BCUT2D eigenvalue weighted by Crippen LogP contribution is -2.23. The first-order chi connectivity index (χ1) is 8.79. The van der Waals surface area contributed by atoms with Crippen LogP contribution in [0.4, 0.5) is 0 Å². The van der Waals surface area contributed by atoms with Gasteiger partial charge in [-0.15, -0.1) is 0 Å². The monoisotopic (exact) mass is 255 g/mol. The molecular weight excluding hydrogens is 222 g/mol. The first-order valence-electron chi connectivity index (χ1n) is 8.14. The summed E-state index contributed by atoms with van der Waals surface area (Å²) in [5.74, 6) is 0. The lowest BCUT2D eigenvalue weighted by atomic mass is 10.1. The molecule has 18 heavy (non-hydrogen) atoms. The van der Waals surface area contributed by atoms with Gasteiger partial charge >= 0.3 is 0 Å². The van der Waals surface area contributed by atoms with Gasteiger partial charge in [0.1, 0.15) is 0 Å². The van der Waals surface area contributed by atoms with Crippen LogP contribution in [0.25, 0.3) is 0 Å². The van der Waals surface area contributed by atoms with E-state index in [0.717, 1.165) is 6.61 Å². The van der Waals surface area contributed by atoms with Crippen LogP contribution in [-0.2, 0) is 4.74 Å². The zero-order valence-electron chi connectivity index (χ0n) is 12.5. The molecule has 0 heterocycles. The molecule has 0 amide bonds. The first-order valence-corrected chi connectivity index (χ1v) is 8.14. The van der Waals surface area contributed by atoms with Crippen molar-refractivity contribution in [2.24, 2.45) is 0 Å². The van der Waals surface area contributed by atoms with E-state index in [1.807, 2.05) is 0 Å². The molecule has 0 aromatic carbocycles. The highest BCUT2D eigenvalue weighted by atomic mass is 16.5. The Bertz CT molecular complexity index is 174. The topological polar surface area (TPSA) is 21.3 Å². The molecule has 0 saturated heterocycles. The summed E-state index contributed by atoms with van der Waals surface area (Å²) in [6, 6.07) is 0.628. The largest absolute Gasteiger partial charge is 0.378 e. The SMILES string of the molecule is CC(C)NCCCCCCOC1CCCCCC1. The van der Waals surface area contributed by atoms with E-state index in [4.69, 9.17) is 4.74 Å². The molecule has 2 nitrogen and oxygen atoms in total. The van der Waals surface area contributed by atoms with Crippen LogP contribution in [0.1, 0.15) is 78.1 Å². The van der Waals surface area contributed by atoms with Crippen LogP contribution in [0.5, 0.6) is 0 Å². The second-order valence-electron chi connectivity index (χ2n) is 6.01. The highest BCUT2D eigenvalue weighted by Gasteiger charge is 2.11. The molecule has 0 unspecified atom stereocenters. The second-order valence-corrected chi connectivity index (χ2v) is 6.01. The van der Waals surface area contributed by atoms with Gasteiger partial charge < -0.3 is 10.1 Å². The Morgan fingerprint density at radius 2 is 1.61 bits per heavy atom. The lowest BCUT2D eigenvalue weighted by molar-refractivity contribution is 0.0407. The zero-order chi connectivity index (χ0) is 13.1. The van der Waals surface area contributed by atoms with E-state index in [0.29, 0.717) is 12.1 Å². The fourth-order valence-corrected chi connectivity index (χ4v) is 2.63. The Labute approximate surface area is 114 Å². The van der Waals surface area contributed by atoms with Crippen molar-refractivity contribution < 1.29 is 4.74 Å². The Kier molecular flexibility index (Phi) is 9.59. The van der Waals surface area contributed by atoms with E-state index in [-0.39, 0.29) is 0 Å². The average Bonchev–Trinajstić information content (AvgIpc) is 2.61. The van der Waals surface area contributed by atoms with E-state index in [1.165, 1.54) is 70.8 Å². The number of unbranched alkanes of at least 4 members (excludes halogenated alkanes) is 3. The van der Waals surface area contributed by atoms with Gasteiger partial charge in [-0.3, -0.25) is 0 Å². The molecule has 0 atom stereocenters. The molecule has 2 heteroatoms. The van der Waals surface area contributed by atoms with Gasteiger partial charge in [0.05, 0.1) is 6.10 Å². The van der Waals surface area contributed by atoms with Crippen LogP contribution >= 0.6 is 0 Å². The van der Waals surface area contributed by atoms with Crippen molar-refractivity contribution in [3.8, 4) is 0 Å². The maximum absolute atomic E-state index is 5.99. The van der Waals surface area contributed by atoms with Crippen molar-refractivity contribution in [3.05, 3.63) is 0 Å². The number of ether oxygens (including phenoxy) is 1. The van der Waals surface area contributed by atoms with Gasteiger partial charge in [0.15, 0.2) is 0 Å². The smallest absolute Gasteiger partial charge is 0.0575 e. The minimum atomic E-state index is 0.579. The molecule has 1 fully saturated rings. The molecule has 0 aromatic heterocycles. The molecule has 0 bridgehead atoms. The predicted octanol–water partition coefficient (Wildman–Crippen LogP) is 4.28. The fraction of sp³-hybridized carbons (Fsp3) is 1.00. The first kappa shape index (κ1) is 16.0. The molecule has 0 radical (unpaired) electrons. The molecule has 1 N–H and O–H groups in total. The van der Waals surface area contributed by atoms with Crippen LogP contribution in [-0.4, -0.2) is 25.3 Å². The number of nitrogens with one attached hydrogen (secondary N) is 1. The van der Waals surface area contributed by atoms with E-state index in [9.17, 15) is 0 Å². The Balaban J connectivity index is 1.83. The number of rotatable bonds is 9. The predicted molar refractivity (Wildman–Crippen MR) is 79.0 cm³/mol. The van der Waals surface area contributed by atoms with Crippen LogP contribution in [0.2, 0.25) is 0 Å². The summed E-state index contributed by atoms with van der Waals surface area (Å²) in [4.78, 5) is 0. The van der Waals surface area contributed by atoms with Crippen molar-refractivity contribution >= 4 is 0 Å². The lowest BCUT2D eigenvalue weighted by Gasteiger charge is -2.15. The van der Waals surface area contributed by atoms with Crippen LogP contribution in [0, 0.1) is 0 Å². The summed E-state index contributed by atoms with van der Waals surface area (Å²) in [5.41, 5.74) is 0. The van der Waals surface area contributed by atoms with Gasteiger partial charge in [-0.05, 0) is 32.2 Å². The Hall–Kier alpha value is -0.0800. The highest BCUT2D eigenvalue weighted by Crippen LogP contribution is 2.20. The van der Waals surface area contributed by atoms with E-state index < -0.39 is 0 Å². The van der Waals surface area contributed by atoms with Gasteiger partial charge in [0.2, 0.25) is 0 Å². The van der Waals surface area contributed by atoms with Crippen molar-refractivity contribution in [2.75, 3.05) is 13.2 Å². The summed E-state index contributed by atoms with van der Waals surface area (Å²) in [5, 5.41) is 3.46. The normalized spacial score (nSPS) is 18.2. The van der Waals surface area contributed by atoms with Crippen molar-refractivity contribution in [2.45, 2.75) is 90.2 Å². The minimum absolute atomic E-state index is 0.579. The van der Waals surface area contributed by atoms with Crippen molar-refractivity contribution in [3.63, 3.8) is 0 Å². The second kappa shape index (κ2) is 10.8. The third-order valence-electron chi connectivity index (χ3n) is 3.78. The quantitative estimate of drug-likeness (QED) is 0.490. The number of hydrogen-bond acceptors (Lipinski definition) is 2. The molecule has 0 aliphatic heterocycles. The molecule has 1 aliphatic carbocycles. The average molecular weight is 255 g/mol.